The van der Waals surface area contributed by atoms with Crippen LogP contribution in [-0.4, -0.2) is 27.4 Å². The molecular weight excluding hydrogens is 334 g/mol. The molecule has 2 aromatic rings. The van der Waals surface area contributed by atoms with Gasteiger partial charge >= 0.3 is 0 Å². The van der Waals surface area contributed by atoms with Crippen molar-refractivity contribution < 1.29 is 9.59 Å². The van der Waals surface area contributed by atoms with Crippen LogP contribution >= 0.6 is 11.8 Å². The summed E-state index contributed by atoms with van der Waals surface area (Å²) in [6.07, 6.45) is 1.76. The maximum atomic E-state index is 12.1. The first-order chi connectivity index (χ1) is 11.8. The lowest BCUT2D eigenvalue weighted by molar-refractivity contribution is -0.123. The van der Waals surface area contributed by atoms with Gasteiger partial charge in [0.05, 0.1) is 23.7 Å². The number of anilines is 1. The average molecular weight is 355 g/mol. The second kappa shape index (κ2) is 6.59. The third-order valence-electron chi connectivity index (χ3n) is 4.17. The first-order valence-corrected chi connectivity index (χ1v) is 9.15. The molecule has 1 aromatic heterocycles. The van der Waals surface area contributed by atoms with E-state index < -0.39 is 0 Å². The third kappa shape index (κ3) is 3.58. The monoisotopic (exact) mass is 355 g/mol. The van der Waals surface area contributed by atoms with Crippen LogP contribution in [-0.2, 0) is 16.1 Å². The highest BCUT2D eigenvalue weighted by molar-refractivity contribution is 7.99. The van der Waals surface area contributed by atoms with Gasteiger partial charge in [-0.15, -0.1) is 0 Å². The molecule has 3 rings (SSSR count). The van der Waals surface area contributed by atoms with E-state index in [0.29, 0.717) is 17.5 Å². The second-order valence-electron chi connectivity index (χ2n) is 7.11. The van der Waals surface area contributed by atoms with E-state index in [2.05, 4.69) is 9.97 Å². The van der Waals surface area contributed by atoms with Gasteiger partial charge in [-0.3, -0.25) is 9.59 Å². The molecule has 0 aliphatic carbocycles. The van der Waals surface area contributed by atoms with E-state index in [1.807, 2.05) is 45.0 Å². The Bertz CT molecular complexity index is 843. The van der Waals surface area contributed by atoms with Crippen LogP contribution in [0.1, 0.15) is 33.3 Å². The maximum Gasteiger partial charge on any atom is 0.224 e. The fourth-order valence-electron chi connectivity index (χ4n) is 2.60. The Labute approximate surface area is 151 Å². The van der Waals surface area contributed by atoms with Crippen LogP contribution in [0.2, 0.25) is 0 Å². The lowest BCUT2D eigenvalue weighted by atomic mass is 9.92. The van der Waals surface area contributed by atoms with E-state index in [0.717, 1.165) is 22.5 Å². The Morgan fingerprint density at radius 1 is 1.24 bits per heavy atom. The van der Waals surface area contributed by atoms with E-state index in [1.165, 1.54) is 11.8 Å². The molecule has 1 amide bonds. The molecule has 1 aromatic carbocycles. The lowest BCUT2D eigenvalue weighted by Gasteiger charge is -2.29. The molecule has 1 aliphatic rings. The molecule has 2 heterocycles. The van der Waals surface area contributed by atoms with Gasteiger partial charge < -0.3 is 4.90 Å². The van der Waals surface area contributed by atoms with Crippen molar-refractivity contribution in [2.24, 2.45) is 5.41 Å². The van der Waals surface area contributed by atoms with Crippen molar-refractivity contribution in [2.75, 3.05) is 10.7 Å². The maximum absolute atomic E-state index is 12.1. The third-order valence-corrected chi connectivity index (χ3v) is 5.03. The van der Waals surface area contributed by atoms with Gasteiger partial charge in [0.2, 0.25) is 5.91 Å². The summed E-state index contributed by atoms with van der Waals surface area (Å²) in [6, 6.07) is 7.74. The molecule has 0 N–H and O–H groups in total. The fourth-order valence-corrected chi connectivity index (χ4v) is 3.58. The number of Topliss-reactive ketones (excluding diaryl/α,β-unsaturated/α-hetero) is 1. The summed E-state index contributed by atoms with van der Waals surface area (Å²) in [5, 5.41) is 0.586. The van der Waals surface area contributed by atoms with E-state index in [9.17, 15) is 9.59 Å². The Hall–Kier alpha value is -2.21. The van der Waals surface area contributed by atoms with Crippen molar-refractivity contribution >= 4 is 29.1 Å². The van der Waals surface area contributed by atoms with Crippen molar-refractivity contribution in [1.29, 1.82) is 0 Å². The number of fused-ring (bicyclic) bond motifs is 3. The van der Waals surface area contributed by atoms with Gasteiger partial charge in [0, 0.05) is 29.7 Å². The molecule has 1 aliphatic heterocycles. The van der Waals surface area contributed by atoms with Crippen LogP contribution in [0.4, 0.5) is 5.69 Å². The van der Waals surface area contributed by atoms with E-state index >= 15 is 0 Å². The van der Waals surface area contributed by atoms with Crippen molar-refractivity contribution in [3.8, 4) is 11.3 Å². The van der Waals surface area contributed by atoms with Crippen LogP contribution in [0, 0.1) is 5.41 Å². The van der Waals surface area contributed by atoms with Crippen molar-refractivity contribution in [3.05, 3.63) is 36.0 Å². The van der Waals surface area contributed by atoms with E-state index in [1.54, 1.807) is 18.0 Å². The van der Waals surface area contributed by atoms with Crippen LogP contribution in [0.15, 0.2) is 35.6 Å². The summed E-state index contributed by atoms with van der Waals surface area (Å²) in [4.78, 5) is 34.8. The van der Waals surface area contributed by atoms with Gasteiger partial charge in [-0.1, -0.05) is 50.7 Å². The smallest absolute Gasteiger partial charge is 0.224 e. The number of nitrogens with zero attached hydrogens (tertiary/aromatic N) is 3. The van der Waals surface area contributed by atoms with Crippen LogP contribution < -0.4 is 4.90 Å². The summed E-state index contributed by atoms with van der Waals surface area (Å²) in [7, 11) is 0. The number of carbonyl (C=O) groups excluding carboxylic acids is 2. The molecule has 25 heavy (non-hydrogen) atoms. The highest BCUT2D eigenvalue weighted by Gasteiger charge is 2.26. The number of benzene rings is 1. The predicted molar refractivity (Wildman–Crippen MR) is 99.5 cm³/mol. The summed E-state index contributed by atoms with van der Waals surface area (Å²) in [5.41, 5.74) is 3.18. The number of para-hydroxylation sites is 1. The first kappa shape index (κ1) is 17.6. The zero-order chi connectivity index (χ0) is 18.2. The topological polar surface area (TPSA) is 63.2 Å². The number of aromatic nitrogens is 2. The summed E-state index contributed by atoms with van der Waals surface area (Å²) in [6.45, 7) is 7.76. The number of hydrogen-bond acceptors (Lipinski definition) is 5. The molecule has 6 heteroatoms. The highest BCUT2D eigenvalue weighted by atomic mass is 32.2. The number of ketones is 1. The van der Waals surface area contributed by atoms with Crippen LogP contribution in [0.5, 0.6) is 0 Å². The molecule has 0 saturated carbocycles. The van der Waals surface area contributed by atoms with Gasteiger partial charge in [0.15, 0.2) is 5.16 Å². The van der Waals surface area contributed by atoms with Crippen molar-refractivity contribution in [1.82, 2.24) is 9.97 Å². The Kier molecular flexibility index (Phi) is 4.64. The predicted octanol–water partition coefficient (Wildman–Crippen LogP) is 3.72. The van der Waals surface area contributed by atoms with E-state index in [-0.39, 0.29) is 17.1 Å². The molecule has 0 saturated heterocycles. The number of hydrogen-bond donors (Lipinski definition) is 0. The molecule has 0 bridgehead atoms. The van der Waals surface area contributed by atoms with E-state index in [4.69, 9.17) is 0 Å². The second-order valence-corrected chi connectivity index (χ2v) is 8.05. The number of thioether (sulfide) groups is 1. The molecule has 0 radical (unpaired) electrons. The Balaban J connectivity index is 1.91. The van der Waals surface area contributed by atoms with Gasteiger partial charge in [0.25, 0.3) is 0 Å². The Morgan fingerprint density at radius 2 is 1.96 bits per heavy atom. The van der Waals surface area contributed by atoms with Crippen LogP contribution in [0.3, 0.4) is 0 Å². The van der Waals surface area contributed by atoms with Gasteiger partial charge in [-0.2, -0.15) is 0 Å². The molecule has 0 unspecified atom stereocenters. The van der Waals surface area contributed by atoms with Crippen LogP contribution in [0.25, 0.3) is 11.3 Å². The lowest BCUT2D eigenvalue weighted by Crippen LogP contribution is -2.31. The molecular formula is C19H21N3O2S. The number of amides is 1. The molecule has 130 valence electrons. The largest absolute Gasteiger partial charge is 0.307 e. The van der Waals surface area contributed by atoms with Gasteiger partial charge in [-0.05, 0) is 6.07 Å². The first-order valence-electron chi connectivity index (χ1n) is 8.17. The highest BCUT2D eigenvalue weighted by Crippen LogP contribution is 2.38. The summed E-state index contributed by atoms with van der Waals surface area (Å²) in [5.74, 6) is 0.512. The zero-order valence-electron chi connectivity index (χ0n) is 14.9. The standard InChI is InChI=1S/C19H21N3O2S/c1-12(23)22-10-13-9-20-18(25-11-16(24)19(2,3)4)21-17(13)14-7-5-6-8-15(14)22/h5-9H,10-11H2,1-4H3. The fraction of sp³-hybridized carbons (Fsp3) is 0.368. The molecule has 0 spiro atoms. The summed E-state index contributed by atoms with van der Waals surface area (Å²) < 4.78 is 0. The van der Waals surface area contributed by atoms with Gasteiger partial charge in [0.1, 0.15) is 5.78 Å². The molecule has 5 nitrogen and oxygen atoms in total. The average Bonchev–Trinajstić information content (AvgIpc) is 2.57. The normalized spacial score (nSPS) is 13.2. The minimum absolute atomic E-state index is 0.00711. The molecule has 0 atom stereocenters. The number of rotatable bonds is 3. The van der Waals surface area contributed by atoms with Crippen molar-refractivity contribution in [3.63, 3.8) is 0 Å². The quantitative estimate of drug-likeness (QED) is 0.620. The SMILES string of the molecule is CC(=O)N1Cc2cnc(SCC(=O)C(C)(C)C)nc2-c2ccccc21. The zero-order valence-corrected chi connectivity index (χ0v) is 15.7. The number of carbonyl (C=O) groups is 2. The summed E-state index contributed by atoms with van der Waals surface area (Å²) >= 11 is 1.36. The Morgan fingerprint density at radius 3 is 2.64 bits per heavy atom. The van der Waals surface area contributed by atoms with Crippen molar-refractivity contribution in [2.45, 2.75) is 39.4 Å². The van der Waals surface area contributed by atoms with Gasteiger partial charge in [-0.25, -0.2) is 9.97 Å². The minimum Gasteiger partial charge on any atom is -0.307 e. The molecule has 0 fully saturated rings. The minimum atomic E-state index is -0.365.